The summed E-state index contributed by atoms with van der Waals surface area (Å²) in [6, 6.07) is 15.8. The van der Waals surface area contributed by atoms with Crippen LogP contribution < -0.4 is 15.5 Å². The number of hydrogen-bond donors (Lipinski definition) is 2. The summed E-state index contributed by atoms with van der Waals surface area (Å²) >= 11 is 6.07. The van der Waals surface area contributed by atoms with Crippen molar-refractivity contribution in [1.29, 1.82) is 0 Å². The third-order valence-electron chi connectivity index (χ3n) is 5.50. The Balaban J connectivity index is 2.32. The second kappa shape index (κ2) is 10.6. The summed E-state index contributed by atoms with van der Waals surface area (Å²) in [6.07, 6.45) is -3.04. The van der Waals surface area contributed by atoms with Gasteiger partial charge in [0, 0.05) is 38.4 Å². The number of urea groups is 1. The van der Waals surface area contributed by atoms with E-state index in [4.69, 9.17) is 11.6 Å². The van der Waals surface area contributed by atoms with Gasteiger partial charge in [-0.3, -0.25) is 4.98 Å². The van der Waals surface area contributed by atoms with Crippen molar-refractivity contribution in [1.82, 2.24) is 15.6 Å². The Kier molecular flexibility index (Phi) is 7.95. The molecule has 0 saturated heterocycles. The van der Waals surface area contributed by atoms with Crippen LogP contribution in [0.2, 0.25) is 5.02 Å². The molecule has 2 N–H and O–H groups in total. The number of nitrogens with one attached hydrogen (secondary N) is 2. The van der Waals surface area contributed by atoms with E-state index in [1.165, 1.54) is 17.2 Å². The number of aromatic nitrogens is 1. The number of carbonyl (C=O) groups is 1. The normalized spacial score (nSPS) is 13.3. The van der Waals surface area contributed by atoms with Crippen LogP contribution in [-0.2, 0) is 18.1 Å². The van der Waals surface area contributed by atoms with Crippen LogP contribution >= 0.6 is 11.6 Å². The number of nitrogens with zero attached hydrogens (tertiary/aromatic N) is 2. The molecule has 0 radical (unpaired) electrons. The molecule has 186 valence electrons. The highest BCUT2D eigenvalue weighted by molar-refractivity contribution is 6.30. The summed E-state index contributed by atoms with van der Waals surface area (Å²) in [5.74, 6) is 0. The Hall–Kier alpha value is -3.26. The van der Waals surface area contributed by atoms with E-state index in [9.17, 15) is 18.0 Å². The minimum absolute atomic E-state index is 0.0190. The zero-order valence-electron chi connectivity index (χ0n) is 19.9. The molecule has 0 aliphatic carbocycles. The van der Waals surface area contributed by atoms with E-state index < -0.39 is 23.3 Å². The molecule has 2 amide bonds. The molecule has 1 aromatic heterocycles. The molecule has 1 heterocycles. The van der Waals surface area contributed by atoms with Crippen LogP contribution in [0, 0.1) is 0 Å². The third kappa shape index (κ3) is 6.25. The van der Waals surface area contributed by atoms with Crippen molar-refractivity contribution in [3.63, 3.8) is 0 Å². The van der Waals surface area contributed by atoms with E-state index in [1.807, 2.05) is 30.3 Å². The molecule has 5 nitrogen and oxygen atoms in total. The molecule has 0 aliphatic rings. The predicted octanol–water partition coefficient (Wildman–Crippen LogP) is 6.01. The topological polar surface area (TPSA) is 57.3 Å². The Morgan fingerprint density at radius 2 is 1.74 bits per heavy atom. The average Bonchev–Trinajstić information content (AvgIpc) is 2.78. The second-order valence-corrected chi connectivity index (χ2v) is 9.24. The summed E-state index contributed by atoms with van der Waals surface area (Å²) < 4.78 is 42.4. The van der Waals surface area contributed by atoms with Crippen molar-refractivity contribution in [2.45, 2.75) is 38.0 Å². The maximum Gasteiger partial charge on any atom is 0.418 e. The van der Waals surface area contributed by atoms with Crippen LogP contribution in [0.1, 0.15) is 36.2 Å². The molecule has 1 unspecified atom stereocenters. The van der Waals surface area contributed by atoms with Gasteiger partial charge in [0.2, 0.25) is 0 Å². The number of alkyl halides is 3. The predicted molar refractivity (Wildman–Crippen MR) is 133 cm³/mol. The number of rotatable bonds is 7. The van der Waals surface area contributed by atoms with Gasteiger partial charge in [-0.15, -0.1) is 0 Å². The molecular weight excluding hydrogens is 477 g/mol. The summed E-state index contributed by atoms with van der Waals surface area (Å²) in [7, 11) is 3.10. The smallest absolute Gasteiger partial charge is 0.377 e. The van der Waals surface area contributed by atoms with Crippen molar-refractivity contribution < 1.29 is 18.0 Å². The quantitative estimate of drug-likeness (QED) is 0.414. The first-order chi connectivity index (χ1) is 16.4. The Morgan fingerprint density at radius 1 is 1.06 bits per heavy atom. The highest BCUT2D eigenvalue weighted by Gasteiger charge is 2.41. The summed E-state index contributed by atoms with van der Waals surface area (Å²) in [5.41, 5.74) is -0.804. The number of carbonyl (C=O) groups excluding carboxylic acids is 1. The van der Waals surface area contributed by atoms with Crippen molar-refractivity contribution >= 4 is 23.3 Å². The molecule has 0 aliphatic heterocycles. The number of halogens is 4. The maximum absolute atomic E-state index is 14.1. The molecule has 9 heteroatoms. The van der Waals surface area contributed by atoms with Crippen molar-refractivity contribution in [3.8, 4) is 0 Å². The van der Waals surface area contributed by atoms with Gasteiger partial charge < -0.3 is 15.5 Å². The third-order valence-corrected chi connectivity index (χ3v) is 5.72. The molecule has 0 spiro atoms. The SMILES string of the molecule is CC(C)NC(=O)NC(Cc1ccccc1)(c1ccc(N(C)C)c(C(F)(F)F)c1)c1ccc(Cl)cn1. The van der Waals surface area contributed by atoms with Crippen molar-refractivity contribution in [3.05, 3.63) is 94.3 Å². The molecule has 2 aromatic carbocycles. The minimum atomic E-state index is -4.61. The Morgan fingerprint density at radius 3 is 2.29 bits per heavy atom. The van der Waals surface area contributed by atoms with Crippen molar-refractivity contribution in [2.75, 3.05) is 19.0 Å². The number of hydrogen-bond acceptors (Lipinski definition) is 3. The fraction of sp³-hybridized carbons (Fsp3) is 0.308. The number of pyridine rings is 1. The fourth-order valence-electron chi connectivity index (χ4n) is 3.96. The van der Waals surface area contributed by atoms with Gasteiger partial charge in [-0.05, 0) is 49.2 Å². The van der Waals surface area contributed by atoms with Crippen molar-refractivity contribution in [2.24, 2.45) is 0 Å². The van der Waals surface area contributed by atoms with E-state index >= 15 is 0 Å². The van der Waals surface area contributed by atoms with Gasteiger partial charge in [-0.25, -0.2) is 4.79 Å². The molecule has 1 atom stereocenters. The molecule has 0 fully saturated rings. The largest absolute Gasteiger partial charge is 0.418 e. The lowest BCUT2D eigenvalue weighted by atomic mass is 9.79. The van der Waals surface area contributed by atoms with E-state index in [0.29, 0.717) is 10.7 Å². The van der Waals surface area contributed by atoms with Crippen LogP contribution in [0.5, 0.6) is 0 Å². The highest BCUT2D eigenvalue weighted by Crippen LogP contribution is 2.41. The van der Waals surface area contributed by atoms with Gasteiger partial charge in [-0.2, -0.15) is 13.2 Å². The van der Waals surface area contributed by atoms with Crippen LogP contribution in [0.15, 0.2) is 66.9 Å². The standard InChI is InChI=1S/C26H28ClF3N4O/c1-17(2)32-24(35)33-25(15-18-8-6-5-7-9-18,23-13-11-20(27)16-31-23)19-10-12-22(34(3)4)21(14-19)26(28,29)30/h5-14,16-17H,15H2,1-4H3,(H2,32,33,35). The first kappa shape index (κ1) is 26.3. The summed E-state index contributed by atoms with van der Waals surface area (Å²) in [5, 5.41) is 6.10. The Labute approximate surface area is 208 Å². The van der Waals surface area contributed by atoms with E-state index in [-0.39, 0.29) is 23.7 Å². The Bertz CT molecular complexity index is 1150. The van der Waals surface area contributed by atoms with Gasteiger partial charge >= 0.3 is 12.2 Å². The fourth-order valence-corrected chi connectivity index (χ4v) is 4.07. The van der Waals surface area contributed by atoms with Gasteiger partial charge in [0.25, 0.3) is 0 Å². The molecule has 0 saturated carbocycles. The molecule has 3 rings (SSSR count). The number of anilines is 1. The lowest BCUT2D eigenvalue weighted by Crippen LogP contribution is -2.53. The van der Waals surface area contributed by atoms with Crippen LogP contribution in [0.3, 0.4) is 0 Å². The van der Waals surface area contributed by atoms with E-state index in [0.717, 1.165) is 11.6 Å². The first-order valence-corrected chi connectivity index (χ1v) is 11.4. The zero-order valence-corrected chi connectivity index (χ0v) is 20.7. The van der Waals surface area contributed by atoms with Gasteiger partial charge in [0.1, 0.15) is 5.54 Å². The molecule has 35 heavy (non-hydrogen) atoms. The lowest BCUT2D eigenvalue weighted by Gasteiger charge is -2.36. The van der Waals surface area contributed by atoms with Crippen LogP contribution in [0.25, 0.3) is 0 Å². The maximum atomic E-state index is 14.1. The summed E-state index contributed by atoms with van der Waals surface area (Å²) in [4.78, 5) is 18.9. The average molecular weight is 505 g/mol. The monoisotopic (exact) mass is 504 g/mol. The number of amides is 2. The van der Waals surface area contributed by atoms with Gasteiger partial charge in [-0.1, -0.05) is 48.0 Å². The first-order valence-electron chi connectivity index (χ1n) is 11.1. The van der Waals surface area contributed by atoms with Crippen LogP contribution in [-0.4, -0.2) is 31.2 Å². The van der Waals surface area contributed by atoms with E-state index in [1.54, 1.807) is 46.1 Å². The van der Waals surface area contributed by atoms with Gasteiger partial charge in [0.05, 0.1) is 16.3 Å². The second-order valence-electron chi connectivity index (χ2n) is 8.81. The zero-order chi connectivity index (χ0) is 25.8. The lowest BCUT2D eigenvalue weighted by molar-refractivity contribution is -0.137. The summed E-state index contributed by atoms with van der Waals surface area (Å²) in [6.45, 7) is 3.60. The molecule has 3 aromatic rings. The van der Waals surface area contributed by atoms with Crippen LogP contribution in [0.4, 0.5) is 23.7 Å². The van der Waals surface area contributed by atoms with E-state index in [2.05, 4.69) is 15.6 Å². The van der Waals surface area contributed by atoms with Gasteiger partial charge in [0.15, 0.2) is 0 Å². The number of benzene rings is 2. The minimum Gasteiger partial charge on any atom is -0.377 e. The highest BCUT2D eigenvalue weighted by atomic mass is 35.5. The molecule has 0 bridgehead atoms. The molecular formula is C26H28ClF3N4O.